The fraction of sp³-hybridized carbons (Fsp3) is 0.462. The van der Waals surface area contributed by atoms with Crippen molar-refractivity contribution in [1.82, 2.24) is 5.32 Å². The number of amides is 1. The number of nitrogens with one attached hydrogen (secondary N) is 1. The zero-order chi connectivity index (χ0) is 15.3. The predicted octanol–water partition coefficient (Wildman–Crippen LogP) is 2.18. The van der Waals surface area contributed by atoms with Gasteiger partial charge in [0.25, 0.3) is 0 Å². The van der Waals surface area contributed by atoms with Gasteiger partial charge >= 0.3 is 6.36 Å². The molecule has 0 aromatic heterocycles. The van der Waals surface area contributed by atoms with E-state index in [1.807, 2.05) is 0 Å². The van der Waals surface area contributed by atoms with E-state index in [9.17, 15) is 18.0 Å². The minimum atomic E-state index is -4.77. The van der Waals surface area contributed by atoms with Crippen molar-refractivity contribution in [2.75, 3.05) is 0 Å². The first-order chi connectivity index (χ1) is 9.20. The summed E-state index contributed by atoms with van der Waals surface area (Å²) >= 11 is 0. The third-order valence-electron chi connectivity index (χ3n) is 2.67. The van der Waals surface area contributed by atoms with Gasteiger partial charge in [-0.1, -0.05) is 32.0 Å². The normalized spacial score (nSPS) is 13.2. The van der Waals surface area contributed by atoms with E-state index in [-0.39, 0.29) is 23.8 Å². The zero-order valence-corrected chi connectivity index (χ0v) is 11.2. The first-order valence-corrected chi connectivity index (χ1v) is 6.07. The van der Waals surface area contributed by atoms with Crippen LogP contribution in [0.1, 0.15) is 19.4 Å². The monoisotopic (exact) mass is 290 g/mol. The maximum Gasteiger partial charge on any atom is 0.573 e. The van der Waals surface area contributed by atoms with Crippen molar-refractivity contribution in [3.05, 3.63) is 29.8 Å². The lowest BCUT2D eigenvalue weighted by atomic mass is 10.0. The molecule has 3 N–H and O–H groups in total. The van der Waals surface area contributed by atoms with Crippen molar-refractivity contribution in [2.24, 2.45) is 11.7 Å². The van der Waals surface area contributed by atoms with Gasteiger partial charge in [-0.15, -0.1) is 13.2 Å². The highest BCUT2D eigenvalue weighted by Gasteiger charge is 2.32. The van der Waals surface area contributed by atoms with Crippen LogP contribution in [-0.2, 0) is 11.3 Å². The molecule has 0 heterocycles. The largest absolute Gasteiger partial charge is 0.573 e. The van der Waals surface area contributed by atoms with Crippen LogP contribution in [-0.4, -0.2) is 18.3 Å². The Kier molecular flexibility index (Phi) is 5.38. The average molecular weight is 290 g/mol. The van der Waals surface area contributed by atoms with Crippen molar-refractivity contribution in [2.45, 2.75) is 32.8 Å². The van der Waals surface area contributed by atoms with Gasteiger partial charge in [0.05, 0.1) is 6.04 Å². The molecule has 0 aliphatic rings. The van der Waals surface area contributed by atoms with Gasteiger partial charge in [-0.2, -0.15) is 0 Å². The molecule has 1 rings (SSSR count). The molecule has 7 heteroatoms. The zero-order valence-electron chi connectivity index (χ0n) is 11.2. The topological polar surface area (TPSA) is 64.4 Å². The van der Waals surface area contributed by atoms with Gasteiger partial charge in [0.1, 0.15) is 5.75 Å². The van der Waals surface area contributed by atoms with E-state index in [2.05, 4.69) is 10.1 Å². The Balaban J connectivity index is 2.71. The highest BCUT2D eigenvalue weighted by Crippen LogP contribution is 2.26. The summed E-state index contributed by atoms with van der Waals surface area (Å²) in [6.45, 7) is 3.49. The maximum absolute atomic E-state index is 12.2. The Bertz CT molecular complexity index is 461. The average Bonchev–Trinajstić information content (AvgIpc) is 2.34. The Hall–Kier alpha value is -1.76. The Morgan fingerprint density at radius 3 is 2.50 bits per heavy atom. The van der Waals surface area contributed by atoms with Gasteiger partial charge < -0.3 is 15.8 Å². The number of carbonyl (C=O) groups excluding carboxylic acids is 1. The summed E-state index contributed by atoms with van der Waals surface area (Å²) in [6.07, 6.45) is -4.77. The number of para-hydroxylation sites is 1. The van der Waals surface area contributed by atoms with Crippen LogP contribution in [0.5, 0.6) is 5.75 Å². The molecule has 0 bridgehead atoms. The molecule has 0 unspecified atom stereocenters. The number of benzene rings is 1. The summed E-state index contributed by atoms with van der Waals surface area (Å²) in [7, 11) is 0. The van der Waals surface area contributed by atoms with Gasteiger partial charge in [0, 0.05) is 12.1 Å². The van der Waals surface area contributed by atoms with E-state index in [0.29, 0.717) is 0 Å². The second kappa shape index (κ2) is 6.60. The van der Waals surface area contributed by atoms with Crippen molar-refractivity contribution in [3.8, 4) is 5.75 Å². The molecule has 112 valence electrons. The van der Waals surface area contributed by atoms with E-state index in [1.165, 1.54) is 18.2 Å². The van der Waals surface area contributed by atoms with Crippen molar-refractivity contribution in [1.29, 1.82) is 0 Å². The van der Waals surface area contributed by atoms with E-state index >= 15 is 0 Å². The SMILES string of the molecule is CC(C)[C@H](N)C(=O)NCc1ccccc1OC(F)(F)F. The molecule has 0 spiro atoms. The summed E-state index contributed by atoms with van der Waals surface area (Å²) in [5.41, 5.74) is 5.87. The quantitative estimate of drug-likeness (QED) is 0.873. The van der Waals surface area contributed by atoms with Crippen LogP contribution in [0.25, 0.3) is 0 Å². The Morgan fingerprint density at radius 1 is 1.35 bits per heavy atom. The lowest BCUT2D eigenvalue weighted by Gasteiger charge is -2.17. The molecule has 4 nitrogen and oxygen atoms in total. The van der Waals surface area contributed by atoms with Crippen molar-refractivity contribution < 1.29 is 22.7 Å². The number of ether oxygens (including phenoxy) is 1. The lowest BCUT2D eigenvalue weighted by Crippen LogP contribution is -2.43. The molecule has 0 saturated heterocycles. The summed E-state index contributed by atoms with van der Waals surface area (Å²) in [6, 6.07) is 4.92. The highest BCUT2D eigenvalue weighted by atomic mass is 19.4. The summed E-state index contributed by atoms with van der Waals surface area (Å²) in [5, 5.41) is 2.49. The lowest BCUT2D eigenvalue weighted by molar-refractivity contribution is -0.274. The van der Waals surface area contributed by atoms with Crippen LogP contribution in [0.15, 0.2) is 24.3 Å². The number of rotatable bonds is 5. The van der Waals surface area contributed by atoms with Gasteiger partial charge in [0.2, 0.25) is 5.91 Å². The molecule has 1 atom stereocenters. The Morgan fingerprint density at radius 2 is 1.95 bits per heavy atom. The van der Waals surface area contributed by atoms with Crippen LogP contribution in [0.2, 0.25) is 0 Å². The number of nitrogens with two attached hydrogens (primary N) is 1. The van der Waals surface area contributed by atoms with Crippen LogP contribution >= 0.6 is 0 Å². The van der Waals surface area contributed by atoms with E-state index in [0.717, 1.165) is 0 Å². The number of hydrogen-bond acceptors (Lipinski definition) is 3. The van der Waals surface area contributed by atoms with Crippen LogP contribution in [0.4, 0.5) is 13.2 Å². The number of halogens is 3. The van der Waals surface area contributed by atoms with E-state index in [1.54, 1.807) is 19.9 Å². The van der Waals surface area contributed by atoms with Crippen molar-refractivity contribution >= 4 is 5.91 Å². The number of hydrogen-bond donors (Lipinski definition) is 2. The molecule has 0 radical (unpaired) electrons. The minimum absolute atomic E-state index is 0.0586. The molecular weight excluding hydrogens is 273 g/mol. The third kappa shape index (κ3) is 5.08. The highest BCUT2D eigenvalue weighted by molar-refractivity contribution is 5.81. The first-order valence-electron chi connectivity index (χ1n) is 6.07. The minimum Gasteiger partial charge on any atom is -0.405 e. The van der Waals surface area contributed by atoms with Gasteiger partial charge in [0.15, 0.2) is 0 Å². The molecule has 1 amide bonds. The summed E-state index contributed by atoms with van der Waals surface area (Å²) in [5.74, 6) is -0.808. The Labute approximate surface area is 115 Å². The van der Waals surface area contributed by atoms with Gasteiger partial charge in [-0.05, 0) is 12.0 Å². The fourth-order valence-electron chi connectivity index (χ4n) is 1.48. The molecule has 0 fully saturated rings. The first kappa shape index (κ1) is 16.3. The molecule has 0 aliphatic carbocycles. The van der Waals surface area contributed by atoms with Crippen LogP contribution in [0, 0.1) is 5.92 Å². The second-order valence-electron chi connectivity index (χ2n) is 4.64. The molecule has 0 saturated carbocycles. The third-order valence-corrected chi connectivity index (χ3v) is 2.67. The molecule has 20 heavy (non-hydrogen) atoms. The van der Waals surface area contributed by atoms with Crippen LogP contribution in [0.3, 0.4) is 0 Å². The molecule has 1 aromatic carbocycles. The number of alkyl halides is 3. The summed E-state index contributed by atoms with van der Waals surface area (Å²) in [4.78, 5) is 11.7. The van der Waals surface area contributed by atoms with Gasteiger partial charge in [-0.3, -0.25) is 4.79 Å². The van der Waals surface area contributed by atoms with Gasteiger partial charge in [-0.25, -0.2) is 0 Å². The summed E-state index contributed by atoms with van der Waals surface area (Å²) < 4.78 is 40.6. The standard InChI is InChI=1S/C13H17F3N2O2/c1-8(2)11(17)12(19)18-7-9-5-3-4-6-10(9)20-13(14,15)16/h3-6,8,11H,7,17H2,1-2H3,(H,18,19)/t11-/m0/s1. The number of carbonyl (C=O) groups is 1. The van der Waals surface area contributed by atoms with E-state index < -0.39 is 18.3 Å². The second-order valence-corrected chi connectivity index (χ2v) is 4.64. The van der Waals surface area contributed by atoms with Crippen LogP contribution < -0.4 is 15.8 Å². The fourth-order valence-corrected chi connectivity index (χ4v) is 1.48. The smallest absolute Gasteiger partial charge is 0.405 e. The van der Waals surface area contributed by atoms with E-state index in [4.69, 9.17) is 5.73 Å². The molecular formula is C13H17F3N2O2. The van der Waals surface area contributed by atoms with Crippen molar-refractivity contribution in [3.63, 3.8) is 0 Å². The molecule has 0 aliphatic heterocycles. The maximum atomic E-state index is 12.2. The molecule has 1 aromatic rings. The predicted molar refractivity (Wildman–Crippen MR) is 67.8 cm³/mol.